The summed E-state index contributed by atoms with van der Waals surface area (Å²) in [5, 5.41) is 0. The number of nitrogens with one attached hydrogen (secondary N) is 1. The van der Waals surface area contributed by atoms with Crippen LogP contribution in [0.15, 0.2) is 41.3 Å². The van der Waals surface area contributed by atoms with Crippen molar-refractivity contribution in [1.29, 1.82) is 0 Å². The van der Waals surface area contributed by atoms with Gasteiger partial charge < -0.3 is 0 Å². The normalized spacial score (nSPS) is 11.4. The van der Waals surface area contributed by atoms with Crippen LogP contribution in [0.2, 0.25) is 0 Å². The monoisotopic (exact) mass is 335 g/mol. The maximum atomic E-state index is 13.5. The molecule has 0 aliphatic heterocycles. The molecule has 0 amide bonds. The fourth-order valence-electron chi connectivity index (χ4n) is 1.71. The number of hydrogen-bond acceptors (Lipinski definition) is 2. The Morgan fingerprint density at radius 1 is 1.05 bits per heavy atom. The third kappa shape index (κ3) is 3.48. The minimum absolute atomic E-state index is 0.0938. The summed E-state index contributed by atoms with van der Waals surface area (Å²) in [5.74, 6) is -4.07. The summed E-state index contributed by atoms with van der Waals surface area (Å²) in [6, 6.07) is 6.60. The molecule has 21 heavy (non-hydrogen) atoms. The second-order valence-electron chi connectivity index (χ2n) is 4.14. The van der Waals surface area contributed by atoms with Gasteiger partial charge in [0.2, 0.25) is 0 Å². The Hall–Kier alpha value is -1.73. The first-order valence-electron chi connectivity index (χ1n) is 5.66. The SMILES string of the molecule is O=S(=O)(Nc1cccc(CCl)c1)c1c(F)cc(F)cc1F. The van der Waals surface area contributed by atoms with Crippen molar-refractivity contribution < 1.29 is 21.6 Å². The number of rotatable bonds is 4. The van der Waals surface area contributed by atoms with Crippen molar-refractivity contribution in [2.24, 2.45) is 0 Å². The molecular formula is C13H9ClF3NO2S. The molecule has 0 unspecified atom stereocenters. The molecule has 0 bridgehead atoms. The van der Waals surface area contributed by atoms with Crippen molar-refractivity contribution in [3.8, 4) is 0 Å². The Balaban J connectivity index is 2.43. The number of anilines is 1. The molecule has 2 rings (SSSR count). The van der Waals surface area contributed by atoms with Gasteiger partial charge in [-0.05, 0) is 17.7 Å². The first-order chi connectivity index (χ1) is 9.83. The highest BCUT2D eigenvalue weighted by Crippen LogP contribution is 2.23. The Bertz CT molecular complexity index is 758. The van der Waals surface area contributed by atoms with Gasteiger partial charge in [0, 0.05) is 23.7 Å². The topological polar surface area (TPSA) is 46.2 Å². The first kappa shape index (κ1) is 15.7. The highest BCUT2D eigenvalue weighted by atomic mass is 35.5. The molecular weight excluding hydrogens is 327 g/mol. The van der Waals surface area contributed by atoms with Crippen LogP contribution >= 0.6 is 11.6 Å². The average molecular weight is 336 g/mol. The fourth-order valence-corrected chi connectivity index (χ4v) is 3.05. The Kier molecular flexibility index (Phi) is 4.43. The minimum atomic E-state index is -4.53. The maximum absolute atomic E-state index is 13.5. The van der Waals surface area contributed by atoms with Crippen molar-refractivity contribution >= 4 is 27.3 Å². The number of halogens is 4. The van der Waals surface area contributed by atoms with Gasteiger partial charge in [-0.1, -0.05) is 12.1 Å². The van der Waals surface area contributed by atoms with Crippen molar-refractivity contribution in [2.75, 3.05) is 4.72 Å². The van der Waals surface area contributed by atoms with Crippen molar-refractivity contribution in [3.63, 3.8) is 0 Å². The third-order valence-corrected chi connectivity index (χ3v) is 4.31. The van der Waals surface area contributed by atoms with Gasteiger partial charge in [0.25, 0.3) is 10.0 Å². The van der Waals surface area contributed by atoms with Crippen LogP contribution in [0, 0.1) is 17.5 Å². The second kappa shape index (κ2) is 5.95. The van der Waals surface area contributed by atoms with Crippen LogP contribution in [0.3, 0.4) is 0 Å². The van der Waals surface area contributed by atoms with E-state index >= 15 is 0 Å². The van der Waals surface area contributed by atoms with E-state index in [0.29, 0.717) is 17.7 Å². The summed E-state index contributed by atoms with van der Waals surface area (Å²) in [4.78, 5) is -1.24. The van der Waals surface area contributed by atoms with E-state index in [-0.39, 0.29) is 11.6 Å². The highest BCUT2D eigenvalue weighted by molar-refractivity contribution is 7.92. The molecule has 8 heteroatoms. The van der Waals surface area contributed by atoms with Crippen LogP contribution in [0.4, 0.5) is 18.9 Å². The summed E-state index contributed by atoms with van der Waals surface area (Å²) in [6.07, 6.45) is 0. The summed E-state index contributed by atoms with van der Waals surface area (Å²) in [5.41, 5.74) is 0.716. The molecule has 0 fully saturated rings. The lowest BCUT2D eigenvalue weighted by atomic mass is 10.2. The highest BCUT2D eigenvalue weighted by Gasteiger charge is 2.25. The summed E-state index contributed by atoms with van der Waals surface area (Å²) < 4.78 is 65.9. The zero-order valence-corrected chi connectivity index (χ0v) is 12.0. The molecule has 0 aromatic heterocycles. The van der Waals surface area contributed by atoms with E-state index in [4.69, 9.17) is 11.6 Å². The minimum Gasteiger partial charge on any atom is -0.279 e. The van der Waals surface area contributed by atoms with Crippen LogP contribution in [0.5, 0.6) is 0 Å². The summed E-state index contributed by atoms with van der Waals surface area (Å²) in [7, 11) is -4.53. The molecule has 0 atom stereocenters. The lowest BCUT2D eigenvalue weighted by Gasteiger charge is -2.10. The Labute approximate surface area is 124 Å². The van der Waals surface area contributed by atoms with Gasteiger partial charge in [-0.25, -0.2) is 21.6 Å². The van der Waals surface area contributed by atoms with Crippen LogP contribution in [0.25, 0.3) is 0 Å². The molecule has 0 radical (unpaired) electrons. The molecule has 0 aliphatic rings. The van der Waals surface area contributed by atoms with Gasteiger partial charge in [-0.15, -0.1) is 11.6 Å². The molecule has 0 saturated heterocycles. The molecule has 2 aromatic carbocycles. The molecule has 0 spiro atoms. The van der Waals surface area contributed by atoms with E-state index in [1.165, 1.54) is 18.2 Å². The molecule has 3 nitrogen and oxygen atoms in total. The van der Waals surface area contributed by atoms with E-state index in [9.17, 15) is 21.6 Å². The standard InChI is InChI=1S/C13H9ClF3NO2S/c14-7-8-2-1-3-10(4-8)18-21(19,20)13-11(16)5-9(15)6-12(13)17/h1-6,18H,7H2. The molecule has 0 saturated carbocycles. The molecule has 112 valence electrons. The molecule has 0 aliphatic carbocycles. The first-order valence-corrected chi connectivity index (χ1v) is 7.67. The lowest BCUT2D eigenvalue weighted by Crippen LogP contribution is -2.16. The maximum Gasteiger partial charge on any atom is 0.267 e. The number of alkyl halides is 1. The zero-order chi connectivity index (χ0) is 15.6. The summed E-state index contributed by atoms with van der Waals surface area (Å²) >= 11 is 5.62. The van der Waals surface area contributed by atoms with E-state index in [0.717, 1.165) is 0 Å². The number of sulfonamides is 1. The van der Waals surface area contributed by atoms with Crippen molar-refractivity contribution in [3.05, 3.63) is 59.4 Å². The van der Waals surface area contributed by atoms with E-state index in [2.05, 4.69) is 0 Å². The van der Waals surface area contributed by atoms with E-state index in [1.807, 2.05) is 4.72 Å². The molecule has 2 aromatic rings. The van der Waals surface area contributed by atoms with E-state index < -0.39 is 32.4 Å². The van der Waals surface area contributed by atoms with Crippen LogP contribution in [-0.4, -0.2) is 8.42 Å². The van der Waals surface area contributed by atoms with E-state index in [1.54, 1.807) is 6.07 Å². The predicted molar refractivity (Wildman–Crippen MR) is 73.1 cm³/mol. The predicted octanol–water partition coefficient (Wildman–Crippen LogP) is 3.64. The molecule has 0 heterocycles. The van der Waals surface area contributed by atoms with Crippen molar-refractivity contribution in [2.45, 2.75) is 10.8 Å². The lowest BCUT2D eigenvalue weighted by molar-refractivity contribution is 0.498. The second-order valence-corrected chi connectivity index (χ2v) is 6.02. The zero-order valence-electron chi connectivity index (χ0n) is 10.4. The quantitative estimate of drug-likeness (QED) is 0.867. The smallest absolute Gasteiger partial charge is 0.267 e. The number of hydrogen-bond donors (Lipinski definition) is 1. The van der Waals surface area contributed by atoms with Crippen LogP contribution in [0.1, 0.15) is 5.56 Å². The van der Waals surface area contributed by atoms with Gasteiger partial charge in [0.1, 0.15) is 17.5 Å². The Morgan fingerprint density at radius 3 is 2.24 bits per heavy atom. The van der Waals surface area contributed by atoms with Gasteiger partial charge in [-0.3, -0.25) is 4.72 Å². The fraction of sp³-hybridized carbons (Fsp3) is 0.0769. The molecule has 1 N–H and O–H groups in total. The summed E-state index contributed by atoms with van der Waals surface area (Å²) in [6.45, 7) is 0. The van der Waals surface area contributed by atoms with Crippen molar-refractivity contribution in [1.82, 2.24) is 0 Å². The van der Waals surface area contributed by atoms with Gasteiger partial charge in [0.05, 0.1) is 0 Å². The van der Waals surface area contributed by atoms with Gasteiger partial charge in [-0.2, -0.15) is 0 Å². The number of benzene rings is 2. The van der Waals surface area contributed by atoms with Gasteiger partial charge in [0.15, 0.2) is 4.90 Å². The average Bonchev–Trinajstić information content (AvgIpc) is 2.36. The Morgan fingerprint density at radius 2 is 1.67 bits per heavy atom. The third-order valence-electron chi connectivity index (χ3n) is 2.57. The van der Waals surface area contributed by atoms with Gasteiger partial charge >= 0.3 is 0 Å². The van der Waals surface area contributed by atoms with Crippen LogP contribution in [-0.2, 0) is 15.9 Å². The largest absolute Gasteiger partial charge is 0.279 e. The van der Waals surface area contributed by atoms with Crippen LogP contribution < -0.4 is 4.72 Å².